The summed E-state index contributed by atoms with van der Waals surface area (Å²) in [6.45, 7) is 5.20. The van der Waals surface area contributed by atoms with Crippen LogP contribution in [0.25, 0.3) is 0 Å². The summed E-state index contributed by atoms with van der Waals surface area (Å²) in [7, 11) is 0. The van der Waals surface area contributed by atoms with Gasteiger partial charge in [0.05, 0.1) is 4.92 Å². The van der Waals surface area contributed by atoms with Gasteiger partial charge in [0.2, 0.25) is 0 Å². The van der Waals surface area contributed by atoms with Gasteiger partial charge in [0.1, 0.15) is 0 Å². The molecule has 0 amide bonds. The van der Waals surface area contributed by atoms with Crippen molar-refractivity contribution in [2.45, 2.75) is 26.3 Å². The average Bonchev–Trinajstić information content (AvgIpc) is 2.31. The van der Waals surface area contributed by atoms with E-state index in [1.165, 1.54) is 18.9 Å². The van der Waals surface area contributed by atoms with Crippen LogP contribution in [0, 0.1) is 16.0 Å². The van der Waals surface area contributed by atoms with Gasteiger partial charge in [0.25, 0.3) is 5.69 Å². The Kier molecular flexibility index (Phi) is 4.35. The third-order valence-electron chi connectivity index (χ3n) is 3.38. The van der Waals surface area contributed by atoms with Crippen LogP contribution in [0.4, 0.5) is 5.69 Å². The van der Waals surface area contributed by atoms with E-state index in [4.69, 9.17) is 0 Å². The van der Waals surface area contributed by atoms with Gasteiger partial charge in [-0.1, -0.05) is 22.9 Å². The molecule has 0 radical (unpaired) electrons. The van der Waals surface area contributed by atoms with E-state index in [0.29, 0.717) is 0 Å². The van der Waals surface area contributed by atoms with Crippen LogP contribution in [0.15, 0.2) is 22.7 Å². The first-order chi connectivity index (χ1) is 8.56. The number of piperidine rings is 1. The molecule has 1 heterocycles. The van der Waals surface area contributed by atoms with Crippen LogP contribution in [0.3, 0.4) is 0 Å². The molecule has 1 aromatic rings. The number of benzene rings is 1. The molecule has 0 aromatic heterocycles. The van der Waals surface area contributed by atoms with Crippen molar-refractivity contribution in [1.29, 1.82) is 0 Å². The molecule has 0 aliphatic carbocycles. The Morgan fingerprint density at radius 1 is 1.56 bits per heavy atom. The maximum atomic E-state index is 10.8. The van der Waals surface area contributed by atoms with Crippen LogP contribution in [-0.4, -0.2) is 22.9 Å². The predicted molar refractivity (Wildman–Crippen MR) is 74.5 cm³/mol. The summed E-state index contributed by atoms with van der Waals surface area (Å²) in [4.78, 5) is 12.8. The first-order valence-electron chi connectivity index (χ1n) is 6.21. The number of nitro benzene ring substituents is 1. The van der Waals surface area contributed by atoms with Crippen molar-refractivity contribution in [3.8, 4) is 0 Å². The molecule has 2 rings (SSSR count). The molecule has 98 valence electrons. The van der Waals surface area contributed by atoms with Crippen molar-refractivity contribution < 1.29 is 4.92 Å². The molecule has 0 spiro atoms. The number of rotatable bonds is 3. The van der Waals surface area contributed by atoms with Gasteiger partial charge >= 0.3 is 0 Å². The molecular formula is C13H17BrN2O2. The number of likely N-dealkylation sites (tertiary alicyclic amines) is 1. The van der Waals surface area contributed by atoms with Crippen LogP contribution >= 0.6 is 15.9 Å². The lowest BCUT2D eigenvalue weighted by atomic mass is 10.00. The predicted octanol–water partition coefficient (Wildman–Crippen LogP) is 3.59. The summed E-state index contributed by atoms with van der Waals surface area (Å²) in [5.41, 5.74) is 1.16. The van der Waals surface area contributed by atoms with Crippen LogP contribution in [0.1, 0.15) is 25.3 Å². The third-order valence-corrected chi connectivity index (χ3v) is 4.15. The highest BCUT2D eigenvalue weighted by atomic mass is 79.9. The molecule has 1 fully saturated rings. The average molecular weight is 313 g/mol. The van der Waals surface area contributed by atoms with E-state index in [9.17, 15) is 10.1 Å². The molecule has 4 nitrogen and oxygen atoms in total. The van der Waals surface area contributed by atoms with E-state index in [1.807, 2.05) is 0 Å². The second-order valence-electron chi connectivity index (χ2n) is 5.02. The van der Waals surface area contributed by atoms with Crippen LogP contribution < -0.4 is 0 Å². The van der Waals surface area contributed by atoms with Crippen LogP contribution in [0.2, 0.25) is 0 Å². The molecule has 5 heteroatoms. The number of nitrogens with zero attached hydrogens (tertiary/aromatic N) is 2. The van der Waals surface area contributed by atoms with Gasteiger partial charge in [-0.25, -0.2) is 0 Å². The molecule has 1 atom stereocenters. The SMILES string of the molecule is CC1CCCN(Cc2cc([N+](=O)[O-])ccc2Br)C1. The largest absolute Gasteiger partial charge is 0.299 e. The monoisotopic (exact) mass is 312 g/mol. The van der Waals surface area contributed by atoms with Crippen LogP contribution in [0.5, 0.6) is 0 Å². The second kappa shape index (κ2) is 5.80. The molecule has 1 saturated heterocycles. The first kappa shape index (κ1) is 13.5. The minimum atomic E-state index is -0.339. The topological polar surface area (TPSA) is 46.4 Å². The highest BCUT2D eigenvalue weighted by Crippen LogP contribution is 2.25. The minimum Gasteiger partial charge on any atom is -0.299 e. The summed E-state index contributed by atoms with van der Waals surface area (Å²) >= 11 is 3.47. The van der Waals surface area contributed by atoms with Gasteiger partial charge in [-0.15, -0.1) is 0 Å². The quantitative estimate of drug-likeness (QED) is 0.633. The van der Waals surface area contributed by atoms with Gasteiger partial charge in [-0.2, -0.15) is 0 Å². The zero-order valence-electron chi connectivity index (χ0n) is 10.4. The van der Waals surface area contributed by atoms with Crippen molar-refractivity contribution in [3.05, 3.63) is 38.3 Å². The van der Waals surface area contributed by atoms with Gasteiger partial charge in [0, 0.05) is 29.7 Å². The van der Waals surface area contributed by atoms with E-state index in [0.717, 1.165) is 35.6 Å². The Morgan fingerprint density at radius 2 is 2.33 bits per heavy atom. The molecule has 1 aromatic carbocycles. The number of hydrogen-bond donors (Lipinski definition) is 0. The van der Waals surface area contributed by atoms with Crippen molar-refractivity contribution in [2.75, 3.05) is 13.1 Å². The van der Waals surface area contributed by atoms with Crippen molar-refractivity contribution in [1.82, 2.24) is 4.90 Å². The summed E-state index contributed by atoms with van der Waals surface area (Å²) in [6.07, 6.45) is 2.50. The van der Waals surface area contributed by atoms with Crippen LogP contribution in [-0.2, 0) is 6.54 Å². The van der Waals surface area contributed by atoms with E-state index in [2.05, 4.69) is 27.8 Å². The third kappa shape index (κ3) is 3.29. The summed E-state index contributed by atoms with van der Waals surface area (Å²) in [5, 5.41) is 10.8. The van der Waals surface area contributed by atoms with E-state index < -0.39 is 0 Å². The number of halogens is 1. The molecule has 0 N–H and O–H groups in total. The van der Waals surface area contributed by atoms with Crippen molar-refractivity contribution in [2.24, 2.45) is 5.92 Å². The smallest absolute Gasteiger partial charge is 0.269 e. The Morgan fingerprint density at radius 3 is 3.00 bits per heavy atom. The number of hydrogen-bond acceptors (Lipinski definition) is 3. The first-order valence-corrected chi connectivity index (χ1v) is 7.00. The van der Waals surface area contributed by atoms with Gasteiger partial charge in [-0.05, 0) is 36.9 Å². The Bertz CT molecular complexity index is 451. The summed E-state index contributed by atoms with van der Waals surface area (Å²) in [6, 6.07) is 4.97. The van der Waals surface area contributed by atoms with E-state index >= 15 is 0 Å². The number of nitro groups is 1. The summed E-state index contributed by atoms with van der Waals surface area (Å²) in [5.74, 6) is 0.719. The second-order valence-corrected chi connectivity index (χ2v) is 5.87. The zero-order chi connectivity index (χ0) is 13.1. The molecule has 1 aliphatic rings. The fourth-order valence-electron chi connectivity index (χ4n) is 2.47. The van der Waals surface area contributed by atoms with Crippen molar-refractivity contribution in [3.63, 3.8) is 0 Å². The normalized spacial score (nSPS) is 20.9. The van der Waals surface area contributed by atoms with Crippen molar-refractivity contribution >= 4 is 21.6 Å². The van der Waals surface area contributed by atoms with Gasteiger partial charge < -0.3 is 0 Å². The summed E-state index contributed by atoms with van der Waals surface area (Å²) < 4.78 is 0.950. The number of non-ortho nitro benzene ring substituents is 1. The van der Waals surface area contributed by atoms with E-state index in [1.54, 1.807) is 12.1 Å². The molecule has 0 saturated carbocycles. The Balaban J connectivity index is 2.12. The standard InChI is InChI=1S/C13H17BrN2O2/c1-10-3-2-6-15(8-10)9-11-7-12(16(17)18)4-5-13(11)14/h4-5,7,10H,2-3,6,8-9H2,1H3. The molecule has 1 aliphatic heterocycles. The molecule has 1 unspecified atom stereocenters. The Labute approximate surface area is 115 Å². The maximum Gasteiger partial charge on any atom is 0.269 e. The molecule has 0 bridgehead atoms. The minimum absolute atomic E-state index is 0.165. The molecular weight excluding hydrogens is 296 g/mol. The highest BCUT2D eigenvalue weighted by molar-refractivity contribution is 9.10. The van der Waals surface area contributed by atoms with Gasteiger partial charge in [0.15, 0.2) is 0 Å². The van der Waals surface area contributed by atoms with Gasteiger partial charge in [-0.3, -0.25) is 15.0 Å². The fraction of sp³-hybridized carbons (Fsp3) is 0.538. The zero-order valence-corrected chi connectivity index (χ0v) is 12.0. The highest BCUT2D eigenvalue weighted by Gasteiger charge is 2.18. The van der Waals surface area contributed by atoms with E-state index in [-0.39, 0.29) is 10.6 Å². The fourth-order valence-corrected chi connectivity index (χ4v) is 2.84. The molecule has 18 heavy (non-hydrogen) atoms. The Hall–Kier alpha value is -0.940. The lowest BCUT2D eigenvalue weighted by molar-refractivity contribution is -0.384. The maximum absolute atomic E-state index is 10.8. The lowest BCUT2D eigenvalue weighted by Crippen LogP contribution is -2.33. The lowest BCUT2D eigenvalue weighted by Gasteiger charge is -2.31.